The zero-order valence-corrected chi connectivity index (χ0v) is 19.6. The van der Waals surface area contributed by atoms with Crippen molar-refractivity contribution in [1.82, 2.24) is 10.2 Å². The Kier molecular flexibility index (Phi) is 7.01. The van der Waals surface area contributed by atoms with E-state index in [4.69, 9.17) is 17.0 Å². The van der Waals surface area contributed by atoms with Crippen molar-refractivity contribution >= 4 is 50.9 Å². The number of carbonyl (C=O) groups excluding carboxylic acids is 1. The van der Waals surface area contributed by atoms with Gasteiger partial charge in [0.1, 0.15) is 11.9 Å². The molecule has 33 heavy (non-hydrogen) atoms. The van der Waals surface area contributed by atoms with Crippen molar-refractivity contribution in [2.24, 2.45) is 0 Å². The van der Waals surface area contributed by atoms with Crippen LogP contribution in [0.3, 0.4) is 0 Å². The third kappa shape index (κ3) is 5.55. The molecule has 4 rings (SSSR count). The normalized spacial score (nSPS) is 18.7. The van der Waals surface area contributed by atoms with Crippen LogP contribution in [-0.2, 0) is 11.3 Å². The van der Waals surface area contributed by atoms with Gasteiger partial charge >= 0.3 is 11.1 Å². The summed E-state index contributed by atoms with van der Waals surface area (Å²) in [5.41, 5.74) is 1.89. The maximum Gasteiger partial charge on any atom is 0.414 e. The van der Waals surface area contributed by atoms with E-state index in [-0.39, 0.29) is 21.8 Å². The van der Waals surface area contributed by atoms with Crippen LogP contribution in [0.5, 0.6) is 0 Å². The highest BCUT2D eigenvalue weighted by atomic mass is 32.1. The molecule has 2 aromatic rings. The van der Waals surface area contributed by atoms with Gasteiger partial charge in [-0.3, -0.25) is 19.9 Å². The van der Waals surface area contributed by atoms with E-state index < -0.39 is 6.09 Å². The lowest BCUT2D eigenvalue weighted by Gasteiger charge is -2.26. The highest BCUT2D eigenvalue weighted by Gasteiger charge is 2.32. The van der Waals surface area contributed by atoms with Gasteiger partial charge in [0.05, 0.1) is 28.7 Å². The van der Waals surface area contributed by atoms with Crippen molar-refractivity contribution in [3.05, 3.63) is 62.8 Å². The van der Waals surface area contributed by atoms with E-state index in [1.165, 1.54) is 28.4 Å². The Labute approximate surface area is 199 Å². The van der Waals surface area contributed by atoms with E-state index in [1.54, 1.807) is 25.1 Å². The molecule has 1 aromatic heterocycles. The molecule has 0 bridgehead atoms. The summed E-state index contributed by atoms with van der Waals surface area (Å²) < 4.78 is 20.3. The Hall–Kier alpha value is -2.89. The number of nitrogens with zero attached hydrogens (tertiary/aromatic N) is 3. The fraction of sp³-hybridized carbons (Fsp3) is 0.364. The number of nitro groups is 1. The van der Waals surface area contributed by atoms with Crippen molar-refractivity contribution in [1.29, 1.82) is 0 Å². The molecule has 1 unspecified atom stereocenters. The van der Waals surface area contributed by atoms with Gasteiger partial charge < -0.3 is 10.1 Å². The van der Waals surface area contributed by atoms with Gasteiger partial charge in [-0.2, -0.15) is 0 Å². The van der Waals surface area contributed by atoms with Crippen LogP contribution >= 0.6 is 23.6 Å². The Bertz CT molecular complexity index is 1120. The average Bonchev–Trinajstić information content (AvgIpc) is 3.39. The molecule has 1 saturated heterocycles. The van der Waals surface area contributed by atoms with Gasteiger partial charge in [-0.1, -0.05) is 29.6 Å². The minimum Gasteiger partial charge on any atom is -0.442 e. The second-order valence-corrected chi connectivity index (χ2v) is 9.69. The number of carbonyl (C=O) groups is 1. The van der Waals surface area contributed by atoms with Crippen LogP contribution in [0.1, 0.15) is 23.8 Å². The second kappa shape index (κ2) is 9.94. The number of hydrogen-bond acceptors (Lipinski definition) is 7. The molecule has 3 heterocycles. The Morgan fingerprint density at radius 1 is 1.39 bits per heavy atom. The summed E-state index contributed by atoms with van der Waals surface area (Å²) in [4.78, 5) is 27.8. The number of cyclic esters (lactones) is 1. The molecule has 0 radical (unpaired) electrons. The second-order valence-electron chi connectivity index (χ2n) is 7.93. The Morgan fingerprint density at radius 3 is 2.85 bits per heavy atom. The molecule has 0 aliphatic carbocycles. The first-order chi connectivity index (χ1) is 15.8. The zero-order chi connectivity index (χ0) is 23.5. The van der Waals surface area contributed by atoms with Gasteiger partial charge in [0.25, 0.3) is 0 Å². The van der Waals surface area contributed by atoms with Crippen molar-refractivity contribution < 1.29 is 18.8 Å². The molecule has 11 heteroatoms. The van der Waals surface area contributed by atoms with Crippen LogP contribution in [0.2, 0.25) is 0 Å². The first-order valence-corrected chi connectivity index (χ1v) is 11.7. The average molecular weight is 491 g/mol. The molecule has 8 nitrogen and oxygen atoms in total. The quantitative estimate of drug-likeness (QED) is 0.351. The van der Waals surface area contributed by atoms with Gasteiger partial charge in [0, 0.05) is 36.1 Å². The predicted molar refractivity (Wildman–Crippen MR) is 129 cm³/mol. The molecule has 1 fully saturated rings. The van der Waals surface area contributed by atoms with E-state index in [9.17, 15) is 19.3 Å². The summed E-state index contributed by atoms with van der Waals surface area (Å²) in [6.45, 7) is 4.48. The molecule has 0 saturated carbocycles. The fourth-order valence-electron chi connectivity index (χ4n) is 3.90. The van der Waals surface area contributed by atoms with Gasteiger partial charge in [-0.15, -0.1) is 0 Å². The van der Waals surface area contributed by atoms with E-state index in [2.05, 4.69) is 10.2 Å². The molecular weight excluding hydrogens is 467 g/mol. The summed E-state index contributed by atoms with van der Waals surface area (Å²) in [5.74, 6) is -0.384. The van der Waals surface area contributed by atoms with Crippen LogP contribution in [0.25, 0.3) is 5.57 Å². The van der Waals surface area contributed by atoms with Gasteiger partial charge in [0.2, 0.25) is 0 Å². The largest absolute Gasteiger partial charge is 0.442 e. The van der Waals surface area contributed by atoms with Crippen molar-refractivity contribution in [2.45, 2.75) is 26.0 Å². The van der Waals surface area contributed by atoms with Crippen molar-refractivity contribution in [3.63, 3.8) is 0 Å². The maximum absolute atomic E-state index is 15.0. The van der Waals surface area contributed by atoms with Crippen LogP contribution in [0.4, 0.5) is 19.9 Å². The fourth-order valence-corrected chi connectivity index (χ4v) is 4.84. The van der Waals surface area contributed by atoms with Crippen LogP contribution in [0, 0.1) is 15.9 Å². The molecule has 1 amide bonds. The molecule has 1 N–H and O–H groups in total. The van der Waals surface area contributed by atoms with Gasteiger partial charge in [-0.05, 0) is 43.2 Å². The lowest BCUT2D eigenvalue weighted by atomic mass is 9.98. The number of nitrogens with one attached hydrogen (secondary N) is 1. The highest BCUT2D eigenvalue weighted by Crippen LogP contribution is 2.31. The van der Waals surface area contributed by atoms with Crippen LogP contribution in [-0.4, -0.2) is 53.2 Å². The van der Waals surface area contributed by atoms with Crippen molar-refractivity contribution in [3.8, 4) is 0 Å². The highest BCUT2D eigenvalue weighted by molar-refractivity contribution is 7.80. The number of amides is 1. The summed E-state index contributed by atoms with van der Waals surface area (Å²) in [6.07, 6.45) is 1.80. The van der Waals surface area contributed by atoms with Gasteiger partial charge in [-0.25, -0.2) is 9.18 Å². The third-order valence-electron chi connectivity index (χ3n) is 5.56. The van der Waals surface area contributed by atoms with E-state index in [0.29, 0.717) is 48.8 Å². The summed E-state index contributed by atoms with van der Waals surface area (Å²) in [7, 11) is 0. The first-order valence-electron chi connectivity index (χ1n) is 10.5. The third-order valence-corrected chi connectivity index (χ3v) is 6.73. The number of thiophene rings is 1. The molecule has 0 spiro atoms. The van der Waals surface area contributed by atoms with Crippen LogP contribution < -0.4 is 10.2 Å². The summed E-state index contributed by atoms with van der Waals surface area (Å²) >= 11 is 6.16. The predicted octanol–water partition coefficient (Wildman–Crippen LogP) is 4.35. The molecule has 1 aromatic carbocycles. The number of hydrogen-bond donors (Lipinski definition) is 1. The number of ether oxygens (including phenoxy) is 1. The molecule has 2 aliphatic rings. The van der Waals surface area contributed by atoms with Crippen LogP contribution in [0.15, 0.2) is 36.4 Å². The summed E-state index contributed by atoms with van der Waals surface area (Å²) in [6, 6.07) is 8.11. The first kappa shape index (κ1) is 23.3. The number of thiocarbonyl (C=S) groups is 1. The van der Waals surface area contributed by atoms with Crippen molar-refractivity contribution in [2.75, 3.05) is 31.1 Å². The van der Waals surface area contributed by atoms with E-state index in [1.807, 2.05) is 6.08 Å². The molecule has 174 valence electrons. The number of anilines is 1. The Morgan fingerprint density at radius 2 is 2.21 bits per heavy atom. The summed E-state index contributed by atoms with van der Waals surface area (Å²) in [5, 5.41) is 14.0. The zero-order valence-electron chi connectivity index (χ0n) is 18.0. The lowest BCUT2D eigenvalue weighted by molar-refractivity contribution is -0.380. The van der Waals surface area contributed by atoms with E-state index >= 15 is 0 Å². The smallest absolute Gasteiger partial charge is 0.414 e. The van der Waals surface area contributed by atoms with E-state index in [0.717, 1.165) is 17.0 Å². The SMILES string of the molecule is CC(=S)NCC1CN(c2ccc(C3=CCN(Cc4ccc([N+](=O)[O-])s4)CC3)c(F)c2)C(=O)O1. The number of halogens is 1. The Balaban J connectivity index is 1.38. The van der Waals surface area contributed by atoms with Gasteiger partial charge in [0.15, 0.2) is 0 Å². The minimum atomic E-state index is -0.502. The topological polar surface area (TPSA) is 88.0 Å². The molecular formula is C22H23FN4O4S2. The number of rotatable bonds is 7. The molecule has 1 atom stereocenters. The maximum atomic E-state index is 15.0. The number of benzene rings is 1. The molecule has 2 aliphatic heterocycles. The lowest BCUT2D eigenvalue weighted by Crippen LogP contribution is -2.32. The standard InChI is InChI=1S/C22H23FN4O4S2/c1-14(32)24-11-17-12-26(22(28)31-17)16-2-4-19(20(23)10-16)15-6-8-25(9-7-15)13-18-3-5-21(33-18)27(29)30/h2-6,10,17H,7-9,11-13H2,1H3,(H,24,32). The monoisotopic (exact) mass is 490 g/mol. The minimum absolute atomic E-state index is 0.138.